The largest absolute Gasteiger partial charge is 0.481 e. The van der Waals surface area contributed by atoms with Crippen LogP contribution in [-0.4, -0.2) is 77.4 Å². The lowest BCUT2D eigenvalue weighted by Gasteiger charge is -2.16. The quantitative estimate of drug-likeness (QED) is 0.247. The molecule has 2 aromatic heterocycles. The fourth-order valence-electron chi connectivity index (χ4n) is 3.76. The number of hydrogen-bond donors (Lipinski definition) is 6. The van der Waals surface area contributed by atoms with Crippen molar-refractivity contribution in [2.75, 3.05) is 24.2 Å². The highest BCUT2D eigenvalue weighted by Gasteiger charge is 2.44. The Kier molecular flexibility index (Phi) is 6.70. The van der Waals surface area contributed by atoms with E-state index in [-0.39, 0.29) is 18.2 Å². The molecule has 12 heteroatoms. The van der Waals surface area contributed by atoms with Gasteiger partial charge in [-0.1, -0.05) is 24.3 Å². The summed E-state index contributed by atoms with van der Waals surface area (Å²) >= 11 is 0. The Balaban J connectivity index is 1.44. The number of ether oxygens (including phenoxy) is 1. The van der Waals surface area contributed by atoms with Gasteiger partial charge in [-0.2, -0.15) is 9.97 Å². The number of aliphatic carboxylic acids is 1. The fraction of sp³-hybridized carbons (Fsp3) is 0.429. The van der Waals surface area contributed by atoms with E-state index in [1.807, 2.05) is 24.3 Å². The summed E-state index contributed by atoms with van der Waals surface area (Å²) in [6.07, 6.45) is -1.76. The summed E-state index contributed by atoms with van der Waals surface area (Å²) < 4.78 is 7.02. The first-order valence-electron chi connectivity index (χ1n) is 10.5. The molecule has 7 N–H and O–H groups in total. The molecule has 33 heavy (non-hydrogen) atoms. The average molecular weight is 458 g/mol. The third kappa shape index (κ3) is 4.88. The molecule has 3 heterocycles. The van der Waals surface area contributed by atoms with Gasteiger partial charge in [0, 0.05) is 13.0 Å². The number of aromatic nitrogens is 4. The van der Waals surface area contributed by atoms with Crippen molar-refractivity contribution in [3.63, 3.8) is 0 Å². The third-order valence-electron chi connectivity index (χ3n) is 5.59. The molecule has 12 nitrogen and oxygen atoms in total. The number of rotatable bonds is 9. The number of carboxylic acid groups (broad SMARTS) is 1. The number of fused-ring (bicyclic) bond motifs is 1. The van der Waals surface area contributed by atoms with E-state index in [0.29, 0.717) is 30.6 Å². The van der Waals surface area contributed by atoms with Gasteiger partial charge in [-0.3, -0.25) is 9.36 Å². The fourth-order valence-corrected chi connectivity index (χ4v) is 3.76. The topological polar surface area (TPSA) is 189 Å². The van der Waals surface area contributed by atoms with Gasteiger partial charge in [0.2, 0.25) is 5.95 Å². The minimum absolute atomic E-state index is 0.0985. The first-order valence-corrected chi connectivity index (χ1v) is 10.5. The Hall–Kier alpha value is -3.32. The van der Waals surface area contributed by atoms with E-state index >= 15 is 0 Å². The minimum atomic E-state index is -1.27. The van der Waals surface area contributed by atoms with Crippen LogP contribution in [-0.2, 0) is 22.4 Å². The lowest BCUT2D eigenvalue weighted by atomic mass is 10.1. The average Bonchev–Trinajstić information content (AvgIpc) is 3.34. The molecular formula is C21H26N6O6. The molecule has 0 spiro atoms. The number of nitrogens with two attached hydrogens (primary N) is 1. The van der Waals surface area contributed by atoms with Crippen molar-refractivity contribution in [3.8, 4) is 0 Å². The van der Waals surface area contributed by atoms with Crippen molar-refractivity contribution in [2.24, 2.45) is 0 Å². The van der Waals surface area contributed by atoms with Gasteiger partial charge in [0.15, 0.2) is 17.7 Å². The zero-order valence-corrected chi connectivity index (χ0v) is 17.7. The smallest absolute Gasteiger partial charge is 0.303 e. The number of hydrogen-bond acceptors (Lipinski definition) is 10. The van der Waals surface area contributed by atoms with E-state index in [1.54, 1.807) is 0 Å². The van der Waals surface area contributed by atoms with Crippen LogP contribution in [0, 0.1) is 0 Å². The number of nitrogens with one attached hydrogen (secondary N) is 1. The highest BCUT2D eigenvalue weighted by Crippen LogP contribution is 2.32. The summed E-state index contributed by atoms with van der Waals surface area (Å²) in [5, 5.41) is 41.6. The molecule has 1 aromatic carbocycles. The third-order valence-corrected chi connectivity index (χ3v) is 5.59. The molecule has 1 aliphatic rings. The minimum Gasteiger partial charge on any atom is -0.481 e. The van der Waals surface area contributed by atoms with Gasteiger partial charge in [-0.15, -0.1) is 0 Å². The number of carbonyl (C=O) groups is 1. The molecule has 4 rings (SSSR count). The molecule has 0 saturated carbocycles. The molecule has 0 bridgehead atoms. The second kappa shape index (κ2) is 9.67. The molecule has 0 radical (unpaired) electrons. The van der Waals surface area contributed by atoms with Gasteiger partial charge < -0.3 is 36.2 Å². The summed E-state index contributed by atoms with van der Waals surface area (Å²) in [6, 6.07) is 7.73. The van der Waals surface area contributed by atoms with Crippen molar-refractivity contribution in [1.29, 1.82) is 0 Å². The molecule has 176 valence electrons. The second-order valence-electron chi connectivity index (χ2n) is 7.87. The molecule has 1 saturated heterocycles. The summed E-state index contributed by atoms with van der Waals surface area (Å²) in [5.41, 5.74) is 8.71. The van der Waals surface area contributed by atoms with Crippen molar-refractivity contribution in [1.82, 2.24) is 19.5 Å². The Labute approximate surface area is 188 Å². The molecule has 3 aromatic rings. The van der Waals surface area contributed by atoms with Crippen molar-refractivity contribution < 1.29 is 30.0 Å². The van der Waals surface area contributed by atoms with E-state index in [0.717, 1.165) is 11.1 Å². The van der Waals surface area contributed by atoms with E-state index in [1.165, 1.54) is 10.9 Å². The molecular weight excluding hydrogens is 432 g/mol. The van der Waals surface area contributed by atoms with Crippen molar-refractivity contribution in [2.45, 2.75) is 43.8 Å². The summed E-state index contributed by atoms with van der Waals surface area (Å²) in [6.45, 7) is 0.0766. The SMILES string of the molecule is Nc1nc(NCCc2ccc(CCC(=O)O)cc2)nc2c1ncn2[C@@H]1O[C@H](CO)C(O)C1O. The highest BCUT2D eigenvalue weighted by molar-refractivity contribution is 5.83. The van der Waals surface area contributed by atoms with Gasteiger partial charge in [0.25, 0.3) is 0 Å². The number of carboxylic acids is 1. The number of imidazole rings is 1. The maximum absolute atomic E-state index is 10.7. The van der Waals surface area contributed by atoms with Crippen LogP contribution in [0.5, 0.6) is 0 Å². The van der Waals surface area contributed by atoms with Crippen LogP contribution in [0.2, 0.25) is 0 Å². The predicted molar refractivity (Wildman–Crippen MR) is 117 cm³/mol. The Morgan fingerprint density at radius 1 is 1.12 bits per heavy atom. The zero-order valence-electron chi connectivity index (χ0n) is 17.7. The van der Waals surface area contributed by atoms with Crippen LogP contribution in [0.15, 0.2) is 30.6 Å². The monoisotopic (exact) mass is 458 g/mol. The predicted octanol–water partition coefficient (Wildman–Crippen LogP) is -0.308. The summed E-state index contributed by atoms with van der Waals surface area (Å²) in [7, 11) is 0. The van der Waals surface area contributed by atoms with Gasteiger partial charge in [0.05, 0.1) is 12.9 Å². The molecule has 0 amide bonds. The maximum atomic E-state index is 10.7. The van der Waals surface area contributed by atoms with Gasteiger partial charge in [-0.25, -0.2) is 4.98 Å². The summed E-state index contributed by atoms with van der Waals surface area (Å²) in [5.74, 6) is -0.401. The number of nitrogen functional groups attached to an aromatic ring is 1. The van der Waals surface area contributed by atoms with E-state index in [4.69, 9.17) is 15.6 Å². The number of benzene rings is 1. The first kappa shape index (κ1) is 22.9. The Morgan fingerprint density at radius 2 is 1.82 bits per heavy atom. The van der Waals surface area contributed by atoms with E-state index in [2.05, 4.69) is 20.3 Å². The lowest BCUT2D eigenvalue weighted by molar-refractivity contribution is -0.136. The zero-order chi connectivity index (χ0) is 23.5. The van der Waals surface area contributed by atoms with Gasteiger partial charge in [0.1, 0.15) is 23.8 Å². The number of anilines is 2. The van der Waals surface area contributed by atoms with Crippen LogP contribution in [0.4, 0.5) is 11.8 Å². The standard InChI is InChI=1S/C21H26N6O6/c22-18-15-19(27(10-24-15)20-17(32)16(31)13(9-28)33-20)26-21(25-18)23-8-7-12-3-1-11(2-4-12)5-6-14(29)30/h1-4,10,13,16-17,20,28,31-32H,5-9H2,(H,29,30)(H3,22,23,25,26)/t13-,16?,17?,20-/m1/s1. The van der Waals surface area contributed by atoms with Crippen LogP contribution in [0.25, 0.3) is 11.2 Å². The molecule has 0 aliphatic carbocycles. The van der Waals surface area contributed by atoms with Crippen LogP contribution in [0.1, 0.15) is 23.8 Å². The molecule has 1 fully saturated rings. The Morgan fingerprint density at radius 3 is 2.45 bits per heavy atom. The first-order chi connectivity index (χ1) is 15.9. The number of aryl methyl sites for hydroxylation is 1. The van der Waals surface area contributed by atoms with Crippen LogP contribution >= 0.6 is 0 Å². The molecule has 2 unspecified atom stereocenters. The number of nitrogens with zero attached hydrogens (tertiary/aromatic N) is 4. The van der Waals surface area contributed by atoms with Crippen molar-refractivity contribution >= 4 is 28.9 Å². The normalized spacial score (nSPS) is 22.6. The van der Waals surface area contributed by atoms with E-state index in [9.17, 15) is 20.1 Å². The van der Waals surface area contributed by atoms with Gasteiger partial charge in [-0.05, 0) is 24.0 Å². The highest BCUT2D eigenvalue weighted by atomic mass is 16.6. The van der Waals surface area contributed by atoms with Gasteiger partial charge >= 0.3 is 5.97 Å². The summed E-state index contributed by atoms with van der Waals surface area (Å²) in [4.78, 5) is 23.5. The molecule has 1 aliphatic heterocycles. The molecule has 4 atom stereocenters. The second-order valence-corrected chi connectivity index (χ2v) is 7.87. The lowest BCUT2D eigenvalue weighted by Crippen LogP contribution is -2.33. The number of aliphatic hydroxyl groups excluding tert-OH is 3. The number of aliphatic hydroxyl groups is 3. The van der Waals surface area contributed by atoms with Crippen molar-refractivity contribution in [3.05, 3.63) is 41.7 Å². The van der Waals surface area contributed by atoms with Crippen LogP contribution in [0.3, 0.4) is 0 Å². The van der Waals surface area contributed by atoms with E-state index < -0.39 is 37.1 Å². The Bertz CT molecular complexity index is 1120. The maximum Gasteiger partial charge on any atom is 0.303 e. The van der Waals surface area contributed by atoms with Crippen LogP contribution < -0.4 is 11.1 Å².